The highest BCUT2D eigenvalue weighted by Crippen LogP contribution is 2.39. The van der Waals surface area contributed by atoms with Crippen molar-refractivity contribution in [2.24, 2.45) is 11.8 Å². The topological polar surface area (TPSA) is 55.9 Å². The zero-order chi connectivity index (χ0) is 22.5. The van der Waals surface area contributed by atoms with Crippen molar-refractivity contribution in [2.45, 2.75) is 25.4 Å². The third-order valence-electron chi connectivity index (χ3n) is 7.22. The maximum Gasteiger partial charge on any atom is 0.344 e. The molecule has 3 aromatic rings. The van der Waals surface area contributed by atoms with Crippen LogP contribution in [0, 0.1) is 11.8 Å². The standard InChI is InChI=1S/C27H28N4O2/c1-29-27(33)30(25(23-14-15-28-17-23)31(29)26(32)20-7-8-20)24-12-10-19(11-13-24)22-9-6-18-4-2-3-5-21(18)16-22/h2-6,9-13,16,20,23,25,28H,7-8,14-15,17H2,1H3. The Balaban J connectivity index is 1.34. The van der Waals surface area contributed by atoms with Gasteiger partial charge in [0.15, 0.2) is 0 Å². The van der Waals surface area contributed by atoms with Crippen LogP contribution in [0.25, 0.3) is 21.9 Å². The Bertz CT molecular complexity index is 1210. The first-order valence-electron chi connectivity index (χ1n) is 11.8. The fourth-order valence-electron chi connectivity index (χ4n) is 5.23. The Morgan fingerprint density at radius 3 is 2.33 bits per heavy atom. The van der Waals surface area contributed by atoms with Crippen LogP contribution in [0.5, 0.6) is 0 Å². The summed E-state index contributed by atoms with van der Waals surface area (Å²) >= 11 is 0. The van der Waals surface area contributed by atoms with Gasteiger partial charge in [-0.3, -0.25) is 9.69 Å². The van der Waals surface area contributed by atoms with Crippen LogP contribution in [0.1, 0.15) is 19.3 Å². The molecule has 3 amide bonds. The number of carbonyl (C=O) groups is 2. The van der Waals surface area contributed by atoms with Crippen LogP contribution in [0.2, 0.25) is 0 Å². The molecule has 1 aliphatic carbocycles. The van der Waals surface area contributed by atoms with E-state index in [0.29, 0.717) is 0 Å². The van der Waals surface area contributed by atoms with E-state index in [-0.39, 0.29) is 29.9 Å². The number of fused-ring (bicyclic) bond motifs is 1. The SMILES string of the molecule is CN1C(=O)N(c2ccc(-c3ccc4ccccc4c3)cc2)C(C2CCNC2)N1C(=O)C1CC1. The van der Waals surface area contributed by atoms with E-state index in [9.17, 15) is 9.59 Å². The molecule has 6 rings (SSSR count). The molecule has 0 bridgehead atoms. The maximum atomic E-state index is 13.4. The van der Waals surface area contributed by atoms with Gasteiger partial charge in [-0.05, 0) is 65.9 Å². The molecule has 6 nitrogen and oxygen atoms in total. The van der Waals surface area contributed by atoms with Gasteiger partial charge in [-0.15, -0.1) is 0 Å². The number of nitrogens with one attached hydrogen (secondary N) is 1. The molecule has 0 radical (unpaired) electrons. The van der Waals surface area contributed by atoms with Crippen LogP contribution in [0.3, 0.4) is 0 Å². The number of amides is 3. The second kappa shape index (κ2) is 7.89. The van der Waals surface area contributed by atoms with E-state index in [0.717, 1.165) is 49.2 Å². The van der Waals surface area contributed by atoms with E-state index in [1.807, 2.05) is 17.0 Å². The van der Waals surface area contributed by atoms with Gasteiger partial charge in [0.25, 0.3) is 0 Å². The zero-order valence-electron chi connectivity index (χ0n) is 18.8. The largest absolute Gasteiger partial charge is 0.344 e. The quantitative estimate of drug-likeness (QED) is 0.651. The Hall–Kier alpha value is -3.38. The average molecular weight is 441 g/mol. The first-order valence-corrected chi connectivity index (χ1v) is 11.8. The number of anilines is 1. The molecule has 2 heterocycles. The number of carbonyl (C=O) groups excluding carboxylic acids is 2. The average Bonchev–Trinajstić information content (AvgIpc) is 3.50. The van der Waals surface area contributed by atoms with Crippen molar-refractivity contribution in [3.8, 4) is 11.1 Å². The number of benzene rings is 3. The predicted molar refractivity (Wildman–Crippen MR) is 129 cm³/mol. The lowest BCUT2D eigenvalue weighted by molar-refractivity contribution is -0.146. The maximum absolute atomic E-state index is 13.4. The normalized spacial score (nSPS) is 23.1. The number of nitrogens with zero attached hydrogens (tertiary/aromatic N) is 3. The summed E-state index contributed by atoms with van der Waals surface area (Å²) in [5.74, 6) is 0.354. The Morgan fingerprint density at radius 2 is 1.64 bits per heavy atom. The van der Waals surface area contributed by atoms with Gasteiger partial charge in [-0.1, -0.05) is 48.5 Å². The molecule has 0 spiro atoms. The van der Waals surface area contributed by atoms with Crippen LogP contribution in [0.4, 0.5) is 10.5 Å². The minimum Gasteiger partial charge on any atom is -0.316 e. The highest BCUT2D eigenvalue weighted by Gasteiger charge is 2.52. The lowest BCUT2D eigenvalue weighted by Gasteiger charge is -2.34. The van der Waals surface area contributed by atoms with Gasteiger partial charge in [-0.25, -0.2) is 14.8 Å². The second-order valence-corrected chi connectivity index (χ2v) is 9.41. The van der Waals surface area contributed by atoms with Gasteiger partial charge >= 0.3 is 6.03 Å². The van der Waals surface area contributed by atoms with Gasteiger partial charge in [0, 0.05) is 31.1 Å². The minimum absolute atomic E-state index is 0.0624. The van der Waals surface area contributed by atoms with Crippen molar-refractivity contribution in [2.75, 3.05) is 25.0 Å². The van der Waals surface area contributed by atoms with Crippen molar-refractivity contribution in [1.29, 1.82) is 0 Å². The van der Waals surface area contributed by atoms with Gasteiger partial charge in [0.2, 0.25) is 5.91 Å². The third-order valence-corrected chi connectivity index (χ3v) is 7.22. The molecule has 3 aromatic carbocycles. The van der Waals surface area contributed by atoms with E-state index in [1.165, 1.54) is 15.8 Å². The van der Waals surface area contributed by atoms with Gasteiger partial charge in [0.1, 0.15) is 6.17 Å². The molecule has 6 heteroatoms. The summed E-state index contributed by atoms with van der Waals surface area (Å²) < 4.78 is 0. The predicted octanol–water partition coefficient (Wildman–Crippen LogP) is 4.47. The smallest absolute Gasteiger partial charge is 0.316 e. The van der Waals surface area contributed by atoms with Crippen LogP contribution in [0.15, 0.2) is 66.7 Å². The Labute approximate surface area is 193 Å². The summed E-state index contributed by atoms with van der Waals surface area (Å²) in [5, 5.41) is 9.09. The van der Waals surface area contributed by atoms with Crippen LogP contribution in [-0.2, 0) is 4.79 Å². The summed E-state index contributed by atoms with van der Waals surface area (Å²) in [4.78, 5) is 28.3. The van der Waals surface area contributed by atoms with Crippen molar-refractivity contribution in [3.63, 3.8) is 0 Å². The van der Waals surface area contributed by atoms with E-state index >= 15 is 0 Å². The fourth-order valence-corrected chi connectivity index (χ4v) is 5.23. The summed E-state index contributed by atoms with van der Waals surface area (Å²) in [6.45, 7) is 1.73. The van der Waals surface area contributed by atoms with Crippen molar-refractivity contribution in [3.05, 3.63) is 66.7 Å². The van der Waals surface area contributed by atoms with Gasteiger partial charge in [0.05, 0.1) is 0 Å². The number of hydrogen-bond donors (Lipinski definition) is 1. The summed E-state index contributed by atoms with van der Waals surface area (Å²) in [7, 11) is 1.72. The van der Waals surface area contributed by atoms with Crippen LogP contribution < -0.4 is 10.2 Å². The van der Waals surface area contributed by atoms with Gasteiger partial charge in [-0.2, -0.15) is 0 Å². The lowest BCUT2D eigenvalue weighted by Crippen LogP contribution is -2.51. The number of hydrazine groups is 1. The van der Waals surface area contributed by atoms with E-state index < -0.39 is 0 Å². The number of urea groups is 1. The first-order chi connectivity index (χ1) is 16.1. The molecule has 3 fully saturated rings. The minimum atomic E-state index is -0.280. The highest BCUT2D eigenvalue weighted by molar-refractivity contribution is 5.98. The molecule has 33 heavy (non-hydrogen) atoms. The molecular formula is C27H28N4O2. The molecule has 2 aliphatic heterocycles. The summed E-state index contributed by atoms with van der Waals surface area (Å²) in [6, 6.07) is 22.8. The van der Waals surface area contributed by atoms with Crippen molar-refractivity contribution in [1.82, 2.24) is 15.3 Å². The molecule has 2 atom stereocenters. The lowest BCUT2D eigenvalue weighted by atomic mass is 10.00. The van der Waals surface area contributed by atoms with E-state index in [1.54, 1.807) is 12.1 Å². The Morgan fingerprint density at radius 1 is 0.909 bits per heavy atom. The summed E-state index contributed by atoms with van der Waals surface area (Å²) in [6.07, 6.45) is 2.52. The number of hydrogen-bond acceptors (Lipinski definition) is 3. The highest BCUT2D eigenvalue weighted by atomic mass is 16.2. The number of rotatable bonds is 4. The van der Waals surface area contributed by atoms with E-state index in [4.69, 9.17) is 0 Å². The monoisotopic (exact) mass is 440 g/mol. The fraction of sp³-hybridized carbons (Fsp3) is 0.333. The van der Waals surface area contributed by atoms with Crippen LogP contribution in [-0.4, -0.2) is 48.3 Å². The molecule has 1 N–H and O–H groups in total. The van der Waals surface area contributed by atoms with E-state index in [2.05, 4.69) is 59.9 Å². The second-order valence-electron chi connectivity index (χ2n) is 9.41. The Kier molecular flexibility index (Phi) is 4.84. The third kappa shape index (κ3) is 3.45. The summed E-state index contributed by atoms with van der Waals surface area (Å²) in [5.41, 5.74) is 3.08. The molecule has 0 aromatic heterocycles. The molecular weight excluding hydrogens is 412 g/mol. The molecule has 3 aliphatic rings. The molecule has 2 saturated heterocycles. The molecule has 168 valence electrons. The molecule has 2 unspecified atom stereocenters. The zero-order valence-corrected chi connectivity index (χ0v) is 18.8. The van der Waals surface area contributed by atoms with Crippen LogP contribution >= 0.6 is 0 Å². The van der Waals surface area contributed by atoms with Gasteiger partial charge < -0.3 is 5.32 Å². The molecule has 1 saturated carbocycles. The van der Waals surface area contributed by atoms with Crippen molar-refractivity contribution < 1.29 is 9.59 Å². The first kappa shape index (κ1) is 20.2. The van der Waals surface area contributed by atoms with Crippen molar-refractivity contribution >= 4 is 28.4 Å².